The molecule has 1 saturated carbocycles. The lowest BCUT2D eigenvalue weighted by atomic mass is 9.82. The number of aromatic nitrogens is 2. The summed E-state index contributed by atoms with van der Waals surface area (Å²) in [6.45, 7) is 1.73. The van der Waals surface area contributed by atoms with Gasteiger partial charge in [-0.3, -0.25) is 4.68 Å². The Morgan fingerprint density at radius 2 is 2.16 bits per heavy atom. The summed E-state index contributed by atoms with van der Waals surface area (Å²) in [6.07, 6.45) is 2.76. The van der Waals surface area contributed by atoms with E-state index in [1.54, 1.807) is 0 Å². The van der Waals surface area contributed by atoms with Crippen LogP contribution in [-0.4, -0.2) is 29.5 Å². The van der Waals surface area contributed by atoms with Crippen molar-refractivity contribution >= 4 is 10.9 Å². The monoisotopic (exact) mass is 259 g/mol. The molecule has 0 saturated heterocycles. The summed E-state index contributed by atoms with van der Waals surface area (Å²) >= 11 is 0. The Balaban J connectivity index is 1.61. The van der Waals surface area contributed by atoms with Gasteiger partial charge in [-0.05, 0) is 38.4 Å². The van der Waals surface area contributed by atoms with Crippen LogP contribution in [-0.2, 0) is 18.4 Å². The average Bonchev–Trinajstić information content (AvgIpc) is 2.70. The molecule has 1 aromatic carbocycles. The third kappa shape index (κ3) is 2.51. The van der Waals surface area contributed by atoms with Crippen LogP contribution < -0.4 is 5.32 Å². The number of aryl methyl sites for hydroxylation is 1. The van der Waals surface area contributed by atoms with E-state index in [2.05, 4.69) is 28.6 Å². The van der Waals surface area contributed by atoms with E-state index in [4.69, 9.17) is 4.74 Å². The molecule has 0 bridgehead atoms. The lowest BCUT2D eigenvalue weighted by molar-refractivity contribution is -0.0400. The minimum atomic E-state index is 0.416. The van der Waals surface area contributed by atoms with Crippen molar-refractivity contribution in [2.45, 2.75) is 25.6 Å². The summed E-state index contributed by atoms with van der Waals surface area (Å²) in [7, 11) is 3.99. The Kier molecular flexibility index (Phi) is 3.53. The average molecular weight is 259 g/mol. The number of hydrogen-bond donors (Lipinski definition) is 1. The Morgan fingerprint density at radius 1 is 1.37 bits per heavy atom. The number of nitrogens with one attached hydrogen (secondary N) is 1. The summed E-state index contributed by atoms with van der Waals surface area (Å²) in [5.74, 6) is 0.787. The SMILES string of the molecule is CNCC1CC(OCc2nn(C)c3ccccc23)C1. The molecule has 1 heterocycles. The quantitative estimate of drug-likeness (QED) is 0.893. The first-order valence-corrected chi connectivity index (χ1v) is 6.94. The Bertz CT molecular complexity index is 558. The van der Waals surface area contributed by atoms with Crippen LogP contribution in [0, 0.1) is 5.92 Å². The molecule has 0 aliphatic heterocycles. The molecule has 1 N–H and O–H groups in total. The van der Waals surface area contributed by atoms with Crippen molar-refractivity contribution in [2.75, 3.05) is 13.6 Å². The molecule has 1 aromatic heterocycles. The van der Waals surface area contributed by atoms with Crippen LogP contribution in [0.4, 0.5) is 0 Å². The molecule has 4 heteroatoms. The van der Waals surface area contributed by atoms with Gasteiger partial charge in [0.25, 0.3) is 0 Å². The standard InChI is InChI=1S/C15H21N3O/c1-16-9-11-7-12(8-11)19-10-14-13-5-3-4-6-15(13)18(2)17-14/h3-6,11-12,16H,7-10H2,1-2H3. The van der Waals surface area contributed by atoms with E-state index in [-0.39, 0.29) is 0 Å². The van der Waals surface area contributed by atoms with Gasteiger partial charge < -0.3 is 10.1 Å². The molecule has 19 heavy (non-hydrogen) atoms. The fourth-order valence-electron chi connectivity index (χ4n) is 2.86. The fourth-order valence-corrected chi connectivity index (χ4v) is 2.86. The zero-order valence-electron chi connectivity index (χ0n) is 11.6. The second-order valence-corrected chi connectivity index (χ2v) is 5.42. The number of para-hydroxylation sites is 1. The zero-order valence-corrected chi connectivity index (χ0v) is 11.6. The van der Waals surface area contributed by atoms with E-state index in [1.165, 1.54) is 23.7 Å². The van der Waals surface area contributed by atoms with Gasteiger partial charge >= 0.3 is 0 Å². The molecule has 2 aromatic rings. The second kappa shape index (κ2) is 5.31. The lowest BCUT2D eigenvalue weighted by Crippen LogP contribution is -2.36. The van der Waals surface area contributed by atoms with Gasteiger partial charge in [0, 0.05) is 12.4 Å². The van der Waals surface area contributed by atoms with Crippen LogP contribution in [0.15, 0.2) is 24.3 Å². The molecule has 1 fully saturated rings. The van der Waals surface area contributed by atoms with E-state index < -0.39 is 0 Å². The summed E-state index contributed by atoms with van der Waals surface area (Å²) in [5, 5.41) is 8.98. The van der Waals surface area contributed by atoms with Crippen LogP contribution in [0.1, 0.15) is 18.5 Å². The highest BCUT2D eigenvalue weighted by Crippen LogP contribution is 2.30. The number of ether oxygens (including phenoxy) is 1. The van der Waals surface area contributed by atoms with Crippen LogP contribution >= 0.6 is 0 Å². The maximum absolute atomic E-state index is 5.96. The Morgan fingerprint density at radius 3 is 2.95 bits per heavy atom. The maximum Gasteiger partial charge on any atom is 0.0960 e. The third-order valence-electron chi connectivity index (χ3n) is 3.98. The Labute approximate surface area is 113 Å². The summed E-state index contributed by atoms with van der Waals surface area (Å²) in [4.78, 5) is 0. The molecule has 1 aliphatic rings. The van der Waals surface area contributed by atoms with Crippen molar-refractivity contribution in [2.24, 2.45) is 13.0 Å². The number of hydrogen-bond acceptors (Lipinski definition) is 3. The van der Waals surface area contributed by atoms with Gasteiger partial charge in [0.05, 0.1) is 23.9 Å². The van der Waals surface area contributed by atoms with Gasteiger partial charge in [-0.1, -0.05) is 18.2 Å². The normalized spacial score (nSPS) is 22.6. The first-order valence-electron chi connectivity index (χ1n) is 6.94. The fraction of sp³-hybridized carbons (Fsp3) is 0.533. The van der Waals surface area contributed by atoms with Gasteiger partial charge in [-0.25, -0.2) is 0 Å². The van der Waals surface area contributed by atoms with Crippen LogP contribution in [0.3, 0.4) is 0 Å². The summed E-state index contributed by atoms with van der Waals surface area (Å²) in [5.41, 5.74) is 2.22. The number of rotatable bonds is 5. The predicted octanol–water partition coefficient (Wildman–Crippen LogP) is 2.09. The van der Waals surface area contributed by atoms with Gasteiger partial charge in [-0.15, -0.1) is 0 Å². The van der Waals surface area contributed by atoms with E-state index in [9.17, 15) is 0 Å². The molecule has 0 spiro atoms. The summed E-state index contributed by atoms with van der Waals surface area (Å²) in [6, 6.07) is 8.31. The van der Waals surface area contributed by atoms with Crippen LogP contribution in [0.25, 0.3) is 10.9 Å². The van der Waals surface area contributed by atoms with Gasteiger partial charge in [0.15, 0.2) is 0 Å². The topological polar surface area (TPSA) is 39.1 Å². The minimum absolute atomic E-state index is 0.416. The molecule has 0 radical (unpaired) electrons. The summed E-state index contributed by atoms with van der Waals surface area (Å²) < 4.78 is 7.89. The van der Waals surface area contributed by atoms with Crippen molar-refractivity contribution in [1.82, 2.24) is 15.1 Å². The minimum Gasteiger partial charge on any atom is -0.372 e. The Hall–Kier alpha value is -1.39. The highest BCUT2D eigenvalue weighted by molar-refractivity contribution is 5.81. The lowest BCUT2D eigenvalue weighted by Gasteiger charge is -2.34. The molecule has 3 rings (SSSR count). The first-order chi connectivity index (χ1) is 9.28. The van der Waals surface area contributed by atoms with Crippen molar-refractivity contribution in [3.05, 3.63) is 30.0 Å². The smallest absolute Gasteiger partial charge is 0.0960 e. The maximum atomic E-state index is 5.96. The van der Waals surface area contributed by atoms with Crippen molar-refractivity contribution in [3.63, 3.8) is 0 Å². The van der Waals surface area contributed by atoms with Crippen LogP contribution in [0.5, 0.6) is 0 Å². The largest absolute Gasteiger partial charge is 0.372 e. The molecule has 4 nitrogen and oxygen atoms in total. The van der Waals surface area contributed by atoms with Crippen molar-refractivity contribution < 1.29 is 4.74 Å². The highest BCUT2D eigenvalue weighted by Gasteiger charge is 2.29. The van der Waals surface area contributed by atoms with Gasteiger partial charge in [0.1, 0.15) is 0 Å². The third-order valence-corrected chi connectivity index (χ3v) is 3.98. The first kappa shape index (κ1) is 12.6. The molecule has 0 unspecified atom stereocenters. The zero-order chi connectivity index (χ0) is 13.2. The highest BCUT2D eigenvalue weighted by atomic mass is 16.5. The molecule has 0 amide bonds. The van der Waals surface area contributed by atoms with Crippen LogP contribution in [0.2, 0.25) is 0 Å². The molecule has 0 atom stereocenters. The van der Waals surface area contributed by atoms with E-state index in [0.717, 1.165) is 18.2 Å². The number of nitrogens with zero attached hydrogens (tertiary/aromatic N) is 2. The van der Waals surface area contributed by atoms with E-state index in [0.29, 0.717) is 12.7 Å². The molecular formula is C15H21N3O. The van der Waals surface area contributed by atoms with Gasteiger partial charge in [0.2, 0.25) is 0 Å². The molecule has 102 valence electrons. The van der Waals surface area contributed by atoms with Crippen molar-refractivity contribution in [1.29, 1.82) is 0 Å². The molecular weight excluding hydrogens is 238 g/mol. The predicted molar refractivity (Wildman–Crippen MR) is 75.9 cm³/mol. The second-order valence-electron chi connectivity index (χ2n) is 5.42. The number of fused-ring (bicyclic) bond motifs is 1. The number of benzene rings is 1. The van der Waals surface area contributed by atoms with Gasteiger partial charge in [-0.2, -0.15) is 5.10 Å². The molecule has 1 aliphatic carbocycles. The van der Waals surface area contributed by atoms with Crippen molar-refractivity contribution in [3.8, 4) is 0 Å². The van der Waals surface area contributed by atoms with E-state index >= 15 is 0 Å². The van der Waals surface area contributed by atoms with E-state index in [1.807, 2.05) is 24.8 Å².